The highest BCUT2D eigenvalue weighted by Gasteiger charge is 2.23. The van der Waals surface area contributed by atoms with Gasteiger partial charge in [0.1, 0.15) is 0 Å². The molecule has 17 heavy (non-hydrogen) atoms. The van der Waals surface area contributed by atoms with Crippen molar-refractivity contribution in [2.24, 2.45) is 0 Å². The second kappa shape index (κ2) is 5.50. The molecule has 0 aromatic heterocycles. The first kappa shape index (κ1) is 12.4. The van der Waals surface area contributed by atoms with E-state index in [1.807, 2.05) is 0 Å². The lowest BCUT2D eigenvalue weighted by Crippen LogP contribution is -2.26. The molecule has 1 aliphatic carbocycles. The normalized spacial score (nSPS) is 23.0. The zero-order valence-corrected chi connectivity index (χ0v) is 11.2. The van der Waals surface area contributed by atoms with Crippen molar-refractivity contribution in [2.75, 3.05) is 6.54 Å². The summed E-state index contributed by atoms with van der Waals surface area (Å²) in [5, 5.41) is 3.65. The zero-order chi connectivity index (χ0) is 12.3. The first-order valence-corrected chi connectivity index (χ1v) is 6.64. The fraction of sp³-hybridized carbons (Fsp3) is 0.500. The molecule has 0 radical (unpaired) electrons. The molecule has 2 unspecified atom stereocenters. The summed E-state index contributed by atoms with van der Waals surface area (Å²) in [6, 6.07) is 9.43. The summed E-state index contributed by atoms with van der Waals surface area (Å²) in [7, 11) is 0. The topological polar surface area (TPSA) is 12.0 Å². The van der Waals surface area contributed by atoms with Crippen LogP contribution in [0.3, 0.4) is 0 Å². The molecule has 1 aromatic rings. The zero-order valence-electron chi connectivity index (χ0n) is 11.2. The molecule has 1 aromatic carbocycles. The first-order chi connectivity index (χ1) is 8.18. The monoisotopic (exact) mass is 229 g/mol. The minimum Gasteiger partial charge on any atom is -0.306 e. The van der Waals surface area contributed by atoms with Crippen LogP contribution in [0.4, 0.5) is 0 Å². The first-order valence-electron chi connectivity index (χ1n) is 6.64. The molecule has 1 aliphatic rings. The number of allylic oxidation sites excluding steroid dienone is 1. The van der Waals surface area contributed by atoms with Gasteiger partial charge in [-0.05, 0) is 43.7 Å². The summed E-state index contributed by atoms with van der Waals surface area (Å²) >= 11 is 0. The van der Waals surface area contributed by atoms with Gasteiger partial charge in [0.25, 0.3) is 0 Å². The fourth-order valence-electron chi connectivity index (χ4n) is 2.62. The van der Waals surface area contributed by atoms with E-state index in [-0.39, 0.29) is 0 Å². The van der Waals surface area contributed by atoms with Gasteiger partial charge in [0.05, 0.1) is 0 Å². The van der Waals surface area contributed by atoms with E-state index in [9.17, 15) is 0 Å². The molecule has 0 aliphatic heterocycles. The lowest BCUT2D eigenvalue weighted by atomic mass is 9.81. The number of hydrogen-bond donors (Lipinski definition) is 1. The highest BCUT2D eigenvalue weighted by atomic mass is 14.9. The average Bonchev–Trinajstić information content (AvgIpc) is 2.32. The van der Waals surface area contributed by atoms with Crippen molar-refractivity contribution < 1.29 is 0 Å². The van der Waals surface area contributed by atoms with Crippen LogP contribution in [-0.4, -0.2) is 6.54 Å². The Labute approximate surface area is 105 Å². The fourth-order valence-corrected chi connectivity index (χ4v) is 2.62. The molecule has 2 rings (SSSR count). The van der Waals surface area contributed by atoms with Crippen LogP contribution in [0.1, 0.15) is 56.7 Å². The largest absolute Gasteiger partial charge is 0.306 e. The van der Waals surface area contributed by atoms with Crippen LogP contribution in [0.15, 0.2) is 35.9 Å². The third kappa shape index (κ3) is 2.98. The maximum atomic E-state index is 3.65. The maximum absolute atomic E-state index is 3.65. The highest BCUT2D eigenvalue weighted by Crippen LogP contribution is 2.36. The molecule has 1 N–H and O–H groups in total. The van der Waals surface area contributed by atoms with Crippen molar-refractivity contribution in [1.29, 1.82) is 0 Å². The van der Waals surface area contributed by atoms with E-state index in [1.165, 1.54) is 29.5 Å². The Balaban J connectivity index is 2.10. The molecule has 0 bridgehead atoms. The van der Waals surface area contributed by atoms with Crippen molar-refractivity contribution in [3.8, 4) is 0 Å². The third-order valence-electron chi connectivity index (χ3n) is 3.67. The Morgan fingerprint density at radius 1 is 1.24 bits per heavy atom. The molecule has 0 spiro atoms. The number of rotatable bonds is 3. The van der Waals surface area contributed by atoms with Gasteiger partial charge in [0, 0.05) is 12.6 Å². The second-order valence-electron chi connectivity index (χ2n) is 5.35. The van der Waals surface area contributed by atoms with Crippen LogP contribution in [0.2, 0.25) is 0 Å². The van der Waals surface area contributed by atoms with E-state index in [4.69, 9.17) is 0 Å². The van der Waals surface area contributed by atoms with E-state index in [1.54, 1.807) is 0 Å². The number of fused-ring (bicyclic) bond motifs is 1. The Morgan fingerprint density at radius 2 is 1.94 bits per heavy atom. The number of hydrogen-bond acceptors (Lipinski definition) is 1. The van der Waals surface area contributed by atoms with Crippen LogP contribution < -0.4 is 5.32 Å². The number of benzene rings is 1. The predicted octanol–water partition coefficient (Wildman–Crippen LogP) is 4.18. The molecule has 1 nitrogen and oxygen atoms in total. The van der Waals surface area contributed by atoms with E-state index in [2.05, 4.69) is 56.4 Å². The maximum Gasteiger partial charge on any atom is 0.0326 e. The summed E-state index contributed by atoms with van der Waals surface area (Å²) in [5.41, 5.74) is 4.43. The van der Waals surface area contributed by atoms with Crippen LogP contribution in [0, 0.1) is 0 Å². The van der Waals surface area contributed by atoms with E-state index < -0.39 is 0 Å². The van der Waals surface area contributed by atoms with Crippen molar-refractivity contribution >= 4 is 0 Å². The lowest BCUT2D eigenvalue weighted by Gasteiger charge is -2.30. The molecule has 2 atom stereocenters. The molecule has 1 heteroatoms. The van der Waals surface area contributed by atoms with Gasteiger partial charge < -0.3 is 5.32 Å². The van der Waals surface area contributed by atoms with Gasteiger partial charge in [0.15, 0.2) is 0 Å². The summed E-state index contributed by atoms with van der Waals surface area (Å²) in [4.78, 5) is 0. The molecule has 0 saturated carbocycles. The molecular weight excluding hydrogens is 206 g/mol. The van der Waals surface area contributed by atoms with Gasteiger partial charge in [0.2, 0.25) is 0 Å². The van der Waals surface area contributed by atoms with Crippen molar-refractivity contribution in [2.45, 2.75) is 45.6 Å². The lowest BCUT2D eigenvalue weighted by molar-refractivity contribution is 0.447. The summed E-state index contributed by atoms with van der Waals surface area (Å²) in [6.45, 7) is 7.62. The van der Waals surface area contributed by atoms with Gasteiger partial charge in [-0.3, -0.25) is 0 Å². The van der Waals surface area contributed by atoms with E-state index in [0.717, 1.165) is 6.54 Å². The van der Waals surface area contributed by atoms with E-state index >= 15 is 0 Å². The third-order valence-corrected chi connectivity index (χ3v) is 3.67. The van der Waals surface area contributed by atoms with Crippen LogP contribution in [-0.2, 0) is 0 Å². The summed E-state index contributed by atoms with van der Waals surface area (Å²) in [6.07, 6.45) is 4.82. The molecule has 0 amide bonds. The van der Waals surface area contributed by atoms with Crippen LogP contribution >= 0.6 is 0 Å². The Morgan fingerprint density at radius 3 is 2.65 bits per heavy atom. The second-order valence-corrected chi connectivity index (χ2v) is 5.35. The van der Waals surface area contributed by atoms with Crippen LogP contribution in [0.25, 0.3) is 0 Å². The quantitative estimate of drug-likeness (QED) is 0.767. The van der Waals surface area contributed by atoms with Crippen molar-refractivity contribution in [1.82, 2.24) is 5.32 Å². The standard InChI is InChI=1S/C16H23N/c1-12(2)10-11-17-16-9-8-13(3)14-6-4-5-7-15(14)16/h4-7,10,13,16-17H,8-9,11H2,1-3H3. The molecular formula is C16H23N. The SMILES string of the molecule is CC(C)=CCNC1CCC(C)c2ccccc21. The smallest absolute Gasteiger partial charge is 0.0326 e. The molecule has 92 valence electrons. The Hall–Kier alpha value is -1.08. The van der Waals surface area contributed by atoms with Crippen molar-refractivity contribution in [3.05, 3.63) is 47.0 Å². The molecule has 0 saturated heterocycles. The summed E-state index contributed by atoms with van der Waals surface area (Å²) < 4.78 is 0. The Bertz CT molecular complexity index is 402. The Kier molecular flexibility index (Phi) is 4.01. The highest BCUT2D eigenvalue weighted by molar-refractivity contribution is 5.34. The van der Waals surface area contributed by atoms with Crippen LogP contribution in [0.5, 0.6) is 0 Å². The van der Waals surface area contributed by atoms with Gasteiger partial charge in [-0.25, -0.2) is 0 Å². The van der Waals surface area contributed by atoms with Gasteiger partial charge >= 0.3 is 0 Å². The minimum absolute atomic E-state index is 0.540. The summed E-state index contributed by atoms with van der Waals surface area (Å²) in [5.74, 6) is 0.715. The predicted molar refractivity (Wildman–Crippen MR) is 74.3 cm³/mol. The number of nitrogens with one attached hydrogen (secondary N) is 1. The van der Waals surface area contributed by atoms with Crippen molar-refractivity contribution in [3.63, 3.8) is 0 Å². The van der Waals surface area contributed by atoms with E-state index in [0.29, 0.717) is 12.0 Å². The minimum atomic E-state index is 0.540. The van der Waals surface area contributed by atoms with Gasteiger partial charge in [-0.1, -0.05) is 42.8 Å². The average molecular weight is 229 g/mol. The van der Waals surface area contributed by atoms with Gasteiger partial charge in [-0.2, -0.15) is 0 Å². The molecule has 0 heterocycles. The van der Waals surface area contributed by atoms with Gasteiger partial charge in [-0.15, -0.1) is 0 Å². The molecule has 0 fully saturated rings.